The average molecular weight is 288 g/mol. The molecule has 0 spiro atoms. The van der Waals surface area contributed by atoms with Gasteiger partial charge < -0.3 is 5.11 Å². The van der Waals surface area contributed by atoms with E-state index < -0.39 is 0 Å². The highest BCUT2D eigenvalue weighted by atomic mass is 16.3. The molecule has 0 aromatic heterocycles. The van der Waals surface area contributed by atoms with Crippen LogP contribution in [-0.4, -0.2) is 17.5 Å². The number of carbonyl (C=O) groups excluding carboxylic acids is 1. The lowest BCUT2D eigenvalue weighted by molar-refractivity contribution is -0.104. The van der Waals surface area contributed by atoms with E-state index >= 15 is 0 Å². The molecule has 2 saturated carbocycles. The number of fused-ring (bicyclic) bond motifs is 3. The van der Waals surface area contributed by atoms with Gasteiger partial charge in [-0.05, 0) is 79.4 Å². The lowest BCUT2D eigenvalue weighted by Crippen LogP contribution is -2.41. The average Bonchev–Trinajstić information content (AvgIpc) is 2.78. The van der Waals surface area contributed by atoms with Crippen molar-refractivity contribution in [1.29, 1.82) is 0 Å². The molecule has 21 heavy (non-hydrogen) atoms. The third-order valence-electron chi connectivity index (χ3n) is 6.49. The number of aldehydes is 1. The Morgan fingerprint density at radius 3 is 2.81 bits per heavy atom. The van der Waals surface area contributed by atoms with Gasteiger partial charge in [0.05, 0.1) is 6.10 Å². The third-order valence-corrected chi connectivity index (χ3v) is 6.49. The largest absolute Gasteiger partial charge is 0.393 e. The molecule has 0 amide bonds. The van der Waals surface area contributed by atoms with Crippen LogP contribution >= 0.6 is 0 Å². The van der Waals surface area contributed by atoms with Crippen molar-refractivity contribution in [3.63, 3.8) is 0 Å². The monoisotopic (exact) mass is 288 g/mol. The summed E-state index contributed by atoms with van der Waals surface area (Å²) in [7, 11) is 0. The fraction of sp³-hybridized carbons (Fsp3) is 0.737. The standard InChI is InChI=1S/C19H28O2/c1-3-4-14-13(10-12-20)5-6-16-15(14)9-11-19(2)17(16)7-8-18(19)21/h10,12,16-18,21H,3-9,11H2,1-2H3/b13-10-. The molecular weight excluding hydrogens is 260 g/mol. The number of rotatable bonds is 3. The Kier molecular flexibility index (Phi) is 4.09. The summed E-state index contributed by atoms with van der Waals surface area (Å²) in [4.78, 5) is 10.9. The summed E-state index contributed by atoms with van der Waals surface area (Å²) < 4.78 is 0. The van der Waals surface area contributed by atoms with Crippen LogP contribution in [0.3, 0.4) is 0 Å². The van der Waals surface area contributed by atoms with Gasteiger partial charge in [-0.15, -0.1) is 0 Å². The summed E-state index contributed by atoms with van der Waals surface area (Å²) in [6, 6.07) is 0. The highest BCUT2D eigenvalue weighted by molar-refractivity contribution is 5.68. The van der Waals surface area contributed by atoms with E-state index in [0.29, 0.717) is 11.8 Å². The van der Waals surface area contributed by atoms with Crippen LogP contribution in [0.4, 0.5) is 0 Å². The van der Waals surface area contributed by atoms with E-state index in [9.17, 15) is 9.90 Å². The van der Waals surface area contributed by atoms with Gasteiger partial charge in [-0.2, -0.15) is 0 Å². The molecule has 2 fully saturated rings. The van der Waals surface area contributed by atoms with Gasteiger partial charge in [0.1, 0.15) is 6.29 Å². The molecule has 0 aliphatic heterocycles. The van der Waals surface area contributed by atoms with E-state index in [0.717, 1.165) is 44.8 Å². The maximum absolute atomic E-state index is 10.9. The smallest absolute Gasteiger partial charge is 0.143 e. The molecule has 116 valence electrons. The van der Waals surface area contributed by atoms with E-state index in [1.54, 1.807) is 11.6 Å². The van der Waals surface area contributed by atoms with Crippen molar-refractivity contribution in [2.45, 2.75) is 71.3 Å². The fourth-order valence-corrected chi connectivity index (χ4v) is 5.34. The second-order valence-electron chi connectivity index (χ2n) is 7.43. The van der Waals surface area contributed by atoms with Gasteiger partial charge in [0, 0.05) is 0 Å². The van der Waals surface area contributed by atoms with Gasteiger partial charge in [-0.3, -0.25) is 4.79 Å². The number of aliphatic hydroxyl groups excluding tert-OH is 1. The van der Waals surface area contributed by atoms with Crippen molar-refractivity contribution in [3.05, 3.63) is 22.8 Å². The van der Waals surface area contributed by atoms with Crippen LogP contribution < -0.4 is 0 Å². The third kappa shape index (κ3) is 2.32. The molecule has 0 aromatic carbocycles. The van der Waals surface area contributed by atoms with E-state index in [1.807, 2.05) is 0 Å². The summed E-state index contributed by atoms with van der Waals surface area (Å²) in [5, 5.41) is 10.4. The number of hydrogen-bond donors (Lipinski definition) is 1. The first-order chi connectivity index (χ1) is 10.1. The minimum atomic E-state index is -0.106. The minimum Gasteiger partial charge on any atom is -0.393 e. The van der Waals surface area contributed by atoms with Gasteiger partial charge in [0.2, 0.25) is 0 Å². The lowest BCUT2D eigenvalue weighted by Gasteiger charge is -2.48. The molecule has 3 aliphatic carbocycles. The summed E-state index contributed by atoms with van der Waals surface area (Å²) in [6.07, 6.45) is 11.5. The van der Waals surface area contributed by atoms with Gasteiger partial charge in [0.15, 0.2) is 0 Å². The van der Waals surface area contributed by atoms with Crippen LogP contribution in [0.5, 0.6) is 0 Å². The Labute approximate surface area is 128 Å². The highest BCUT2D eigenvalue weighted by Crippen LogP contribution is 2.59. The molecule has 0 heterocycles. The predicted octanol–water partition coefficient (Wildman–Crippen LogP) is 4.19. The maximum atomic E-state index is 10.9. The van der Waals surface area contributed by atoms with E-state index in [4.69, 9.17) is 0 Å². The molecule has 4 atom stereocenters. The molecule has 0 saturated heterocycles. The highest BCUT2D eigenvalue weighted by Gasteiger charge is 2.52. The summed E-state index contributed by atoms with van der Waals surface area (Å²) in [5.74, 6) is 1.31. The molecule has 1 N–H and O–H groups in total. The SMILES string of the molecule is CCCC1=C2CCC3(C)C(O)CCC3C2CC/C1=C/C=O. The number of carbonyl (C=O) groups is 1. The lowest BCUT2D eigenvalue weighted by atomic mass is 9.58. The van der Waals surface area contributed by atoms with E-state index in [-0.39, 0.29) is 11.5 Å². The molecule has 3 rings (SSSR count). The Morgan fingerprint density at radius 1 is 1.29 bits per heavy atom. The number of aliphatic hydroxyl groups is 1. The predicted molar refractivity (Wildman–Crippen MR) is 84.9 cm³/mol. The fourth-order valence-electron chi connectivity index (χ4n) is 5.34. The van der Waals surface area contributed by atoms with E-state index in [1.165, 1.54) is 24.0 Å². The molecule has 0 radical (unpaired) electrons. The Hall–Kier alpha value is -0.890. The maximum Gasteiger partial charge on any atom is 0.143 e. The first kappa shape index (κ1) is 15.0. The number of allylic oxidation sites excluding steroid dienone is 4. The molecule has 0 bridgehead atoms. The van der Waals surface area contributed by atoms with Crippen LogP contribution in [-0.2, 0) is 4.79 Å². The summed E-state index contributed by atoms with van der Waals surface area (Å²) >= 11 is 0. The van der Waals surface area contributed by atoms with Crippen molar-refractivity contribution in [2.24, 2.45) is 17.3 Å². The van der Waals surface area contributed by atoms with Crippen LogP contribution in [0, 0.1) is 17.3 Å². The quantitative estimate of drug-likeness (QED) is 0.624. The molecular formula is C19H28O2. The van der Waals surface area contributed by atoms with Crippen molar-refractivity contribution in [3.8, 4) is 0 Å². The Morgan fingerprint density at radius 2 is 2.10 bits per heavy atom. The van der Waals surface area contributed by atoms with Gasteiger partial charge >= 0.3 is 0 Å². The normalized spacial score (nSPS) is 41.1. The van der Waals surface area contributed by atoms with Crippen LogP contribution in [0.25, 0.3) is 0 Å². The summed E-state index contributed by atoms with van der Waals surface area (Å²) in [5.41, 5.74) is 4.55. The molecule has 3 aliphatic rings. The van der Waals surface area contributed by atoms with E-state index in [2.05, 4.69) is 13.8 Å². The first-order valence-corrected chi connectivity index (χ1v) is 8.66. The Bertz CT molecular complexity index is 488. The van der Waals surface area contributed by atoms with Crippen molar-refractivity contribution >= 4 is 6.29 Å². The Balaban J connectivity index is 1.98. The van der Waals surface area contributed by atoms with Gasteiger partial charge in [0.25, 0.3) is 0 Å². The zero-order chi connectivity index (χ0) is 15.0. The minimum absolute atomic E-state index is 0.106. The molecule has 4 unspecified atom stereocenters. The molecule has 2 nitrogen and oxygen atoms in total. The van der Waals surface area contributed by atoms with Crippen LogP contribution in [0.1, 0.15) is 65.2 Å². The topological polar surface area (TPSA) is 37.3 Å². The summed E-state index contributed by atoms with van der Waals surface area (Å²) in [6.45, 7) is 4.53. The first-order valence-electron chi connectivity index (χ1n) is 8.66. The molecule has 2 heteroatoms. The second-order valence-corrected chi connectivity index (χ2v) is 7.43. The zero-order valence-electron chi connectivity index (χ0n) is 13.4. The zero-order valence-corrected chi connectivity index (χ0v) is 13.4. The van der Waals surface area contributed by atoms with Gasteiger partial charge in [-0.25, -0.2) is 0 Å². The van der Waals surface area contributed by atoms with Gasteiger partial charge in [-0.1, -0.05) is 25.8 Å². The van der Waals surface area contributed by atoms with Crippen LogP contribution in [0.2, 0.25) is 0 Å². The van der Waals surface area contributed by atoms with Crippen molar-refractivity contribution in [2.75, 3.05) is 0 Å². The van der Waals surface area contributed by atoms with Crippen molar-refractivity contribution in [1.82, 2.24) is 0 Å². The van der Waals surface area contributed by atoms with Crippen LogP contribution in [0.15, 0.2) is 22.8 Å². The second kappa shape index (κ2) is 5.72. The number of hydrogen-bond acceptors (Lipinski definition) is 2. The molecule has 0 aromatic rings. The van der Waals surface area contributed by atoms with Crippen molar-refractivity contribution < 1.29 is 9.90 Å².